The van der Waals surface area contributed by atoms with Gasteiger partial charge in [0.1, 0.15) is 17.6 Å². The SMILES string of the molecule is N#Cc1nc(C2CC2)cc2[nH]c(=O)c(N)c(-c3ccc(F)c(N)c3C=N)c12. The number of nitrogens with two attached hydrogens (primary N) is 2. The van der Waals surface area contributed by atoms with E-state index in [9.17, 15) is 14.4 Å². The topological polar surface area (TPSA) is 145 Å². The van der Waals surface area contributed by atoms with E-state index in [1.54, 1.807) is 6.07 Å². The van der Waals surface area contributed by atoms with E-state index in [1.807, 2.05) is 0 Å². The maximum Gasteiger partial charge on any atom is 0.272 e. The van der Waals surface area contributed by atoms with Gasteiger partial charge in [0, 0.05) is 34.3 Å². The number of pyridine rings is 2. The zero-order chi connectivity index (χ0) is 19.3. The second kappa shape index (κ2) is 5.92. The second-order valence-corrected chi connectivity index (χ2v) is 6.51. The first-order valence-corrected chi connectivity index (χ1v) is 8.31. The van der Waals surface area contributed by atoms with E-state index in [2.05, 4.69) is 16.0 Å². The highest BCUT2D eigenvalue weighted by atomic mass is 19.1. The zero-order valence-corrected chi connectivity index (χ0v) is 14.1. The number of benzene rings is 1. The van der Waals surface area contributed by atoms with Gasteiger partial charge < -0.3 is 21.9 Å². The Bertz CT molecular complexity index is 1220. The molecule has 2 heterocycles. The third-order valence-corrected chi connectivity index (χ3v) is 4.80. The Labute approximate surface area is 153 Å². The molecule has 6 N–H and O–H groups in total. The van der Waals surface area contributed by atoms with Gasteiger partial charge in [-0.05, 0) is 30.5 Å². The molecule has 0 spiro atoms. The number of fused-ring (bicyclic) bond motifs is 1. The van der Waals surface area contributed by atoms with Crippen molar-refractivity contribution in [2.75, 3.05) is 11.5 Å². The van der Waals surface area contributed by atoms with Gasteiger partial charge in [-0.25, -0.2) is 9.37 Å². The summed E-state index contributed by atoms with van der Waals surface area (Å²) in [5.41, 5.74) is 12.8. The molecule has 7 nitrogen and oxygen atoms in total. The lowest BCUT2D eigenvalue weighted by Crippen LogP contribution is -2.15. The van der Waals surface area contributed by atoms with Gasteiger partial charge in [0.25, 0.3) is 5.56 Å². The number of hydrogen-bond donors (Lipinski definition) is 4. The van der Waals surface area contributed by atoms with Crippen molar-refractivity contribution in [2.45, 2.75) is 18.8 Å². The van der Waals surface area contributed by atoms with Gasteiger partial charge in [0.05, 0.1) is 11.2 Å². The Kier molecular flexibility index (Phi) is 3.66. The van der Waals surface area contributed by atoms with Crippen molar-refractivity contribution in [1.29, 1.82) is 10.7 Å². The third kappa shape index (κ3) is 2.52. The first-order chi connectivity index (χ1) is 13.0. The molecule has 0 amide bonds. The van der Waals surface area contributed by atoms with Crippen LogP contribution in [0.4, 0.5) is 15.8 Å². The summed E-state index contributed by atoms with van der Waals surface area (Å²) >= 11 is 0. The number of nitriles is 1. The number of nitrogens with zero attached hydrogens (tertiary/aromatic N) is 2. The van der Waals surface area contributed by atoms with Crippen LogP contribution in [0.1, 0.15) is 35.7 Å². The molecule has 8 heteroatoms. The minimum atomic E-state index is -0.681. The molecule has 2 aromatic heterocycles. The summed E-state index contributed by atoms with van der Waals surface area (Å²) in [7, 11) is 0. The quantitative estimate of drug-likeness (QED) is 0.418. The lowest BCUT2D eigenvalue weighted by molar-refractivity contribution is 0.632. The Balaban J connectivity index is 2.17. The van der Waals surface area contributed by atoms with Gasteiger partial charge in [-0.2, -0.15) is 5.26 Å². The highest BCUT2D eigenvalue weighted by Gasteiger charge is 2.28. The summed E-state index contributed by atoms with van der Waals surface area (Å²) in [5, 5.41) is 17.6. The Hall–Kier alpha value is -3.73. The number of aromatic nitrogens is 2. The number of nitrogens with one attached hydrogen (secondary N) is 2. The average molecular weight is 362 g/mol. The van der Waals surface area contributed by atoms with E-state index in [0.717, 1.165) is 30.8 Å². The molecule has 1 fully saturated rings. The van der Waals surface area contributed by atoms with Crippen LogP contribution in [0.2, 0.25) is 0 Å². The lowest BCUT2D eigenvalue weighted by atomic mass is 9.93. The van der Waals surface area contributed by atoms with E-state index in [-0.39, 0.29) is 34.1 Å². The van der Waals surface area contributed by atoms with Gasteiger partial charge in [-0.1, -0.05) is 6.07 Å². The van der Waals surface area contributed by atoms with Crippen molar-refractivity contribution in [1.82, 2.24) is 9.97 Å². The summed E-state index contributed by atoms with van der Waals surface area (Å²) in [6.45, 7) is 0. The smallest absolute Gasteiger partial charge is 0.272 e. The highest BCUT2D eigenvalue weighted by Crippen LogP contribution is 2.42. The molecule has 1 aromatic carbocycles. The lowest BCUT2D eigenvalue weighted by Gasteiger charge is -2.15. The molecular weight excluding hydrogens is 347 g/mol. The van der Waals surface area contributed by atoms with Crippen molar-refractivity contribution < 1.29 is 4.39 Å². The molecule has 0 saturated heterocycles. The molecule has 0 aliphatic heterocycles. The number of H-pyrrole nitrogens is 1. The average Bonchev–Trinajstić information content (AvgIpc) is 3.50. The molecule has 27 heavy (non-hydrogen) atoms. The number of hydrogen-bond acceptors (Lipinski definition) is 6. The van der Waals surface area contributed by atoms with E-state index in [1.165, 1.54) is 6.07 Å². The normalized spacial score (nSPS) is 13.5. The summed E-state index contributed by atoms with van der Waals surface area (Å²) in [5.74, 6) is -0.399. The number of rotatable bonds is 3. The molecule has 3 aromatic rings. The molecule has 134 valence electrons. The zero-order valence-electron chi connectivity index (χ0n) is 14.1. The van der Waals surface area contributed by atoms with Crippen molar-refractivity contribution in [3.05, 3.63) is 51.3 Å². The van der Waals surface area contributed by atoms with Gasteiger partial charge >= 0.3 is 0 Å². The van der Waals surface area contributed by atoms with Gasteiger partial charge in [0.2, 0.25) is 0 Å². The number of aromatic amines is 1. The monoisotopic (exact) mass is 362 g/mol. The van der Waals surface area contributed by atoms with Crippen LogP contribution in [0.25, 0.3) is 22.0 Å². The molecular formula is C19H15FN6O. The summed E-state index contributed by atoms with van der Waals surface area (Å²) < 4.78 is 13.9. The van der Waals surface area contributed by atoms with Crippen molar-refractivity contribution in [2.24, 2.45) is 0 Å². The van der Waals surface area contributed by atoms with Gasteiger partial charge in [-0.15, -0.1) is 0 Å². The Morgan fingerprint density at radius 2 is 2.07 bits per heavy atom. The van der Waals surface area contributed by atoms with E-state index in [4.69, 9.17) is 16.9 Å². The molecule has 1 saturated carbocycles. The summed E-state index contributed by atoms with van der Waals surface area (Å²) in [6.07, 6.45) is 2.88. The standard InChI is InChI=1S/C19H15FN6O/c20-11-4-3-9(10(6-21)17(11)23)15-16-13(26-19(27)18(15)24)5-12(8-1-2-8)25-14(16)7-22/h3-6,8,21H,1-2,23-24H2,(H,26,27). The second-order valence-electron chi connectivity index (χ2n) is 6.51. The first kappa shape index (κ1) is 16.7. The third-order valence-electron chi connectivity index (χ3n) is 4.80. The highest BCUT2D eigenvalue weighted by molar-refractivity contribution is 6.07. The van der Waals surface area contributed by atoms with Crippen LogP contribution >= 0.6 is 0 Å². The van der Waals surface area contributed by atoms with E-state index < -0.39 is 11.4 Å². The predicted octanol–water partition coefficient (Wildman–Crippen LogP) is 2.64. The molecule has 1 aliphatic carbocycles. The molecule has 0 atom stereocenters. The fraction of sp³-hybridized carbons (Fsp3) is 0.158. The predicted molar refractivity (Wildman–Crippen MR) is 101 cm³/mol. The first-order valence-electron chi connectivity index (χ1n) is 8.31. The van der Waals surface area contributed by atoms with E-state index in [0.29, 0.717) is 16.5 Å². The Morgan fingerprint density at radius 1 is 1.33 bits per heavy atom. The van der Waals surface area contributed by atoms with E-state index >= 15 is 0 Å². The van der Waals surface area contributed by atoms with Crippen LogP contribution in [0, 0.1) is 22.6 Å². The van der Waals surface area contributed by atoms with Crippen LogP contribution in [-0.4, -0.2) is 16.2 Å². The van der Waals surface area contributed by atoms with Crippen molar-refractivity contribution >= 4 is 28.5 Å². The van der Waals surface area contributed by atoms with Crippen molar-refractivity contribution in [3.8, 4) is 17.2 Å². The van der Waals surface area contributed by atoms with Crippen LogP contribution < -0.4 is 17.0 Å². The molecule has 0 unspecified atom stereocenters. The van der Waals surface area contributed by atoms with Crippen LogP contribution in [0.15, 0.2) is 23.0 Å². The fourth-order valence-corrected chi connectivity index (χ4v) is 3.29. The van der Waals surface area contributed by atoms with Crippen LogP contribution in [0.3, 0.4) is 0 Å². The summed E-state index contributed by atoms with van der Waals surface area (Å²) in [6, 6.07) is 6.34. The fourth-order valence-electron chi connectivity index (χ4n) is 3.29. The molecule has 1 aliphatic rings. The Morgan fingerprint density at radius 3 is 2.70 bits per heavy atom. The number of anilines is 2. The van der Waals surface area contributed by atoms with Gasteiger partial charge in [0.15, 0.2) is 5.69 Å². The van der Waals surface area contributed by atoms with Crippen LogP contribution in [0.5, 0.6) is 0 Å². The minimum absolute atomic E-state index is 0.0868. The van der Waals surface area contributed by atoms with Gasteiger partial charge in [-0.3, -0.25) is 4.79 Å². The molecule has 4 rings (SSSR count). The summed E-state index contributed by atoms with van der Waals surface area (Å²) in [4.78, 5) is 19.6. The molecule has 0 radical (unpaired) electrons. The number of halogens is 1. The van der Waals surface area contributed by atoms with Crippen LogP contribution in [-0.2, 0) is 0 Å². The largest absolute Gasteiger partial charge is 0.396 e. The maximum atomic E-state index is 13.9. The number of nitrogen functional groups attached to an aromatic ring is 2. The maximum absolute atomic E-state index is 13.9. The molecule has 0 bridgehead atoms. The minimum Gasteiger partial charge on any atom is -0.396 e. The van der Waals surface area contributed by atoms with Crippen molar-refractivity contribution in [3.63, 3.8) is 0 Å².